The normalized spacial score (nSPS) is 14.4. The van der Waals surface area contributed by atoms with Crippen LogP contribution in [0.3, 0.4) is 0 Å². The molecule has 0 heterocycles. The third-order valence-electron chi connectivity index (χ3n) is 3.15. The summed E-state index contributed by atoms with van der Waals surface area (Å²) in [5.74, 6) is 1.89. The van der Waals surface area contributed by atoms with E-state index in [9.17, 15) is 9.18 Å². The summed E-state index contributed by atoms with van der Waals surface area (Å²) < 4.78 is 18.8. The highest BCUT2D eigenvalue weighted by Crippen LogP contribution is 2.30. The molecule has 0 aliphatic heterocycles. The number of hydrogen-bond donors (Lipinski definition) is 0. The molecule has 0 atom stereocenters. The van der Waals surface area contributed by atoms with E-state index in [1.807, 2.05) is 20.8 Å². The molecule has 3 nitrogen and oxygen atoms in total. The molecule has 0 saturated heterocycles. The third kappa shape index (κ3) is 4.22. The van der Waals surface area contributed by atoms with Gasteiger partial charge in [-0.25, -0.2) is 9.18 Å². The first kappa shape index (κ1) is 15.4. The van der Waals surface area contributed by atoms with Crippen LogP contribution in [-0.2, 0) is 11.3 Å². The zero-order valence-corrected chi connectivity index (χ0v) is 12.6. The van der Waals surface area contributed by atoms with Gasteiger partial charge in [-0.1, -0.05) is 12.0 Å². The molecule has 2 rings (SSSR count). The SMILES string of the molecule is C#Cc1cc(CN(C(=O)OC(C)(C)C)C2CC2)ccc1F. The molecular formula is C17H20FNO2. The molecule has 1 aromatic carbocycles. The highest BCUT2D eigenvalue weighted by atomic mass is 19.1. The van der Waals surface area contributed by atoms with E-state index in [2.05, 4.69) is 5.92 Å². The van der Waals surface area contributed by atoms with Crippen molar-refractivity contribution in [3.8, 4) is 12.3 Å². The molecule has 0 radical (unpaired) electrons. The standard InChI is InChI=1S/C17H20FNO2/c1-5-13-10-12(6-9-15(13)18)11-19(14-7-8-14)16(20)21-17(2,3)4/h1,6,9-10,14H,7-8,11H2,2-4H3. The number of ether oxygens (including phenoxy) is 1. The number of terminal acetylenes is 1. The van der Waals surface area contributed by atoms with E-state index in [0.29, 0.717) is 6.54 Å². The monoisotopic (exact) mass is 289 g/mol. The van der Waals surface area contributed by atoms with Crippen molar-refractivity contribution in [3.63, 3.8) is 0 Å². The van der Waals surface area contributed by atoms with Gasteiger partial charge in [0.15, 0.2) is 0 Å². The minimum atomic E-state index is -0.531. The number of benzene rings is 1. The first-order valence-corrected chi connectivity index (χ1v) is 7.05. The maximum absolute atomic E-state index is 13.4. The van der Waals surface area contributed by atoms with Crippen LogP contribution < -0.4 is 0 Å². The van der Waals surface area contributed by atoms with Crippen molar-refractivity contribution in [2.45, 2.75) is 51.8 Å². The summed E-state index contributed by atoms with van der Waals surface area (Å²) in [6.45, 7) is 5.90. The summed E-state index contributed by atoms with van der Waals surface area (Å²) in [5.41, 5.74) is 0.492. The number of amides is 1. The zero-order chi connectivity index (χ0) is 15.6. The number of rotatable bonds is 3. The number of carbonyl (C=O) groups is 1. The van der Waals surface area contributed by atoms with Crippen LogP contribution in [0.15, 0.2) is 18.2 Å². The Kier molecular flexibility index (Phi) is 4.22. The maximum atomic E-state index is 13.4. The lowest BCUT2D eigenvalue weighted by atomic mass is 10.1. The molecule has 21 heavy (non-hydrogen) atoms. The van der Waals surface area contributed by atoms with Crippen molar-refractivity contribution in [3.05, 3.63) is 35.1 Å². The lowest BCUT2D eigenvalue weighted by Gasteiger charge is -2.27. The van der Waals surface area contributed by atoms with Gasteiger partial charge in [-0.2, -0.15) is 0 Å². The van der Waals surface area contributed by atoms with Crippen molar-refractivity contribution in [1.29, 1.82) is 0 Å². The van der Waals surface area contributed by atoms with Gasteiger partial charge < -0.3 is 9.64 Å². The van der Waals surface area contributed by atoms with E-state index in [0.717, 1.165) is 18.4 Å². The number of nitrogens with zero attached hydrogens (tertiary/aromatic N) is 1. The van der Waals surface area contributed by atoms with E-state index in [1.165, 1.54) is 6.07 Å². The smallest absolute Gasteiger partial charge is 0.410 e. The van der Waals surface area contributed by atoms with Gasteiger partial charge in [-0.15, -0.1) is 6.42 Å². The summed E-state index contributed by atoms with van der Waals surface area (Å²) in [6.07, 6.45) is 6.88. The van der Waals surface area contributed by atoms with Gasteiger partial charge in [0.05, 0.1) is 5.56 Å². The molecule has 1 aliphatic rings. The van der Waals surface area contributed by atoms with E-state index in [4.69, 9.17) is 11.2 Å². The van der Waals surface area contributed by atoms with Crippen LogP contribution in [0.5, 0.6) is 0 Å². The lowest BCUT2D eigenvalue weighted by Crippen LogP contribution is -2.37. The highest BCUT2D eigenvalue weighted by molar-refractivity contribution is 5.69. The minimum absolute atomic E-state index is 0.208. The van der Waals surface area contributed by atoms with Crippen molar-refractivity contribution in [2.75, 3.05) is 0 Å². The maximum Gasteiger partial charge on any atom is 0.410 e. The molecule has 1 aromatic rings. The first-order valence-electron chi connectivity index (χ1n) is 7.05. The Balaban J connectivity index is 2.14. The summed E-state index contributed by atoms with van der Waals surface area (Å²) in [7, 11) is 0. The summed E-state index contributed by atoms with van der Waals surface area (Å²) in [6, 6.07) is 4.80. The Morgan fingerprint density at radius 3 is 2.67 bits per heavy atom. The summed E-state index contributed by atoms with van der Waals surface area (Å²) in [4.78, 5) is 13.9. The quantitative estimate of drug-likeness (QED) is 0.794. The van der Waals surface area contributed by atoms with Gasteiger partial charge in [-0.05, 0) is 51.3 Å². The molecule has 1 amide bonds. The zero-order valence-electron chi connectivity index (χ0n) is 12.6. The van der Waals surface area contributed by atoms with Crippen LogP contribution in [0.25, 0.3) is 0 Å². The fraction of sp³-hybridized carbons (Fsp3) is 0.471. The van der Waals surface area contributed by atoms with Gasteiger partial charge in [0.25, 0.3) is 0 Å². The molecule has 1 fully saturated rings. The Labute approximate surface area is 125 Å². The minimum Gasteiger partial charge on any atom is -0.444 e. The number of hydrogen-bond acceptors (Lipinski definition) is 2. The van der Waals surface area contributed by atoms with E-state index in [-0.39, 0.29) is 17.7 Å². The predicted octanol–water partition coefficient (Wildman–Crippen LogP) is 3.71. The molecular weight excluding hydrogens is 269 g/mol. The molecule has 0 unspecified atom stereocenters. The first-order chi connectivity index (χ1) is 9.80. The van der Waals surface area contributed by atoms with Crippen LogP contribution in [-0.4, -0.2) is 22.6 Å². The molecule has 0 N–H and O–H groups in total. The fourth-order valence-electron chi connectivity index (χ4n) is 2.03. The summed E-state index contributed by atoms with van der Waals surface area (Å²) >= 11 is 0. The highest BCUT2D eigenvalue weighted by Gasteiger charge is 2.35. The van der Waals surface area contributed by atoms with Gasteiger partial charge in [0.2, 0.25) is 0 Å². The van der Waals surface area contributed by atoms with Crippen molar-refractivity contribution >= 4 is 6.09 Å². The van der Waals surface area contributed by atoms with E-state index < -0.39 is 11.4 Å². The van der Waals surface area contributed by atoms with E-state index >= 15 is 0 Å². The molecule has 112 valence electrons. The Morgan fingerprint density at radius 1 is 1.48 bits per heavy atom. The second-order valence-electron chi connectivity index (χ2n) is 6.30. The second-order valence-corrected chi connectivity index (χ2v) is 6.30. The lowest BCUT2D eigenvalue weighted by molar-refractivity contribution is 0.0216. The van der Waals surface area contributed by atoms with Gasteiger partial charge >= 0.3 is 6.09 Å². The summed E-state index contributed by atoms with van der Waals surface area (Å²) in [5, 5.41) is 0. The largest absolute Gasteiger partial charge is 0.444 e. The van der Waals surface area contributed by atoms with Crippen LogP contribution in [0.1, 0.15) is 44.7 Å². The van der Waals surface area contributed by atoms with Crippen molar-refractivity contribution in [1.82, 2.24) is 4.90 Å². The Hall–Kier alpha value is -2.02. The Bertz CT molecular complexity index is 579. The number of carbonyl (C=O) groups excluding carboxylic acids is 1. The second kappa shape index (κ2) is 5.77. The van der Waals surface area contributed by atoms with Gasteiger partial charge in [-0.3, -0.25) is 0 Å². The Morgan fingerprint density at radius 2 is 2.14 bits per heavy atom. The van der Waals surface area contributed by atoms with Gasteiger partial charge in [0, 0.05) is 12.6 Å². The molecule has 1 saturated carbocycles. The van der Waals surface area contributed by atoms with Crippen molar-refractivity contribution < 1.29 is 13.9 Å². The average molecular weight is 289 g/mol. The predicted molar refractivity (Wildman–Crippen MR) is 79.1 cm³/mol. The topological polar surface area (TPSA) is 29.5 Å². The molecule has 0 bridgehead atoms. The third-order valence-corrected chi connectivity index (χ3v) is 3.15. The van der Waals surface area contributed by atoms with Crippen LogP contribution >= 0.6 is 0 Å². The van der Waals surface area contributed by atoms with Crippen molar-refractivity contribution in [2.24, 2.45) is 0 Å². The fourth-order valence-corrected chi connectivity index (χ4v) is 2.03. The molecule has 1 aliphatic carbocycles. The molecule has 4 heteroatoms. The number of halogens is 1. The molecule has 0 aromatic heterocycles. The van der Waals surface area contributed by atoms with E-state index in [1.54, 1.807) is 17.0 Å². The van der Waals surface area contributed by atoms with Gasteiger partial charge in [0.1, 0.15) is 11.4 Å². The molecule has 0 spiro atoms. The van der Waals surface area contributed by atoms with Crippen LogP contribution in [0, 0.1) is 18.2 Å². The van der Waals surface area contributed by atoms with Crippen LogP contribution in [0.4, 0.5) is 9.18 Å². The van der Waals surface area contributed by atoms with Crippen LogP contribution in [0.2, 0.25) is 0 Å². The average Bonchev–Trinajstić information content (AvgIpc) is 3.19.